The van der Waals surface area contributed by atoms with E-state index in [-0.39, 0.29) is 6.04 Å². The van der Waals surface area contributed by atoms with Gasteiger partial charge in [-0.2, -0.15) is 0 Å². The molecule has 0 fully saturated rings. The maximum atomic E-state index is 10.2. The highest BCUT2D eigenvalue weighted by molar-refractivity contribution is 7.13. The summed E-state index contributed by atoms with van der Waals surface area (Å²) in [5.74, 6) is 0. The van der Waals surface area contributed by atoms with Crippen LogP contribution in [0.3, 0.4) is 0 Å². The number of rotatable bonds is 7. The first-order valence-electron chi connectivity index (χ1n) is 7.53. The molecule has 0 aliphatic carbocycles. The Morgan fingerprint density at radius 1 is 1.22 bits per heavy atom. The monoisotopic (exact) mass is 345 g/mol. The molecule has 0 amide bonds. The SMILES string of the molecule is CC(CC(O)c1cccs1)NCc1csc(-c2ccccn2)n1. The van der Waals surface area contributed by atoms with Crippen LogP contribution >= 0.6 is 22.7 Å². The molecule has 0 aliphatic rings. The van der Waals surface area contributed by atoms with E-state index in [1.54, 1.807) is 28.9 Å². The number of thiophene rings is 1. The molecular weight excluding hydrogens is 326 g/mol. The molecule has 2 unspecified atom stereocenters. The lowest BCUT2D eigenvalue weighted by Gasteiger charge is -2.16. The normalized spacial score (nSPS) is 13.8. The van der Waals surface area contributed by atoms with Gasteiger partial charge >= 0.3 is 0 Å². The summed E-state index contributed by atoms with van der Waals surface area (Å²) in [4.78, 5) is 9.95. The van der Waals surface area contributed by atoms with Gasteiger partial charge in [0, 0.05) is 29.0 Å². The standard InChI is InChI=1S/C17H19N3OS2/c1-12(9-15(21)16-6-4-8-22-16)19-10-13-11-23-17(20-13)14-5-2-3-7-18-14/h2-8,11-12,15,19,21H,9-10H2,1H3. The molecule has 0 saturated heterocycles. The van der Waals surface area contributed by atoms with Gasteiger partial charge in [-0.05, 0) is 36.9 Å². The van der Waals surface area contributed by atoms with Crippen molar-refractivity contribution in [2.24, 2.45) is 0 Å². The fourth-order valence-corrected chi connectivity index (χ4v) is 3.81. The van der Waals surface area contributed by atoms with E-state index < -0.39 is 6.10 Å². The van der Waals surface area contributed by atoms with Crippen molar-refractivity contribution in [3.05, 3.63) is 57.9 Å². The predicted molar refractivity (Wildman–Crippen MR) is 95.5 cm³/mol. The number of nitrogens with zero attached hydrogens (tertiary/aromatic N) is 2. The van der Waals surface area contributed by atoms with Crippen molar-refractivity contribution in [1.82, 2.24) is 15.3 Å². The van der Waals surface area contributed by atoms with Crippen LogP contribution < -0.4 is 5.32 Å². The molecule has 0 saturated carbocycles. The fraction of sp³-hybridized carbons (Fsp3) is 0.294. The Morgan fingerprint density at radius 2 is 2.13 bits per heavy atom. The second kappa shape index (κ2) is 7.79. The van der Waals surface area contributed by atoms with Crippen LogP contribution in [0.1, 0.15) is 30.0 Å². The summed E-state index contributed by atoms with van der Waals surface area (Å²) < 4.78 is 0. The Kier molecular flexibility index (Phi) is 5.51. The lowest BCUT2D eigenvalue weighted by molar-refractivity contribution is 0.157. The summed E-state index contributed by atoms with van der Waals surface area (Å²) in [6.07, 6.45) is 2.07. The number of pyridine rings is 1. The van der Waals surface area contributed by atoms with Crippen molar-refractivity contribution in [2.45, 2.75) is 32.0 Å². The Balaban J connectivity index is 1.51. The predicted octanol–water partition coefficient (Wildman–Crippen LogP) is 3.87. The Labute approximate surface area is 143 Å². The van der Waals surface area contributed by atoms with Crippen molar-refractivity contribution in [1.29, 1.82) is 0 Å². The summed E-state index contributed by atoms with van der Waals surface area (Å²) in [5, 5.41) is 18.6. The third kappa shape index (κ3) is 4.45. The summed E-state index contributed by atoms with van der Waals surface area (Å²) in [5.41, 5.74) is 1.91. The van der Waals surface area contributed by atoms with Crippen molar-refractivity contribution < 1.29 is 5.11 Å². The first kappa shape index (κ1) is 16.3. The third-order valence-electron chi connectivity index (χ3n) is 3.52. The molecule has 0 aliphatic heterocycles. The molecular formula is C17H19N3OS2. The van der Waals surface area contributed by atoms with Gasteiger partial charge in [-0.3, -0.25) is 4.98 Å². The highest BCUT2D eigenvalue weighted by atomic mass is 32.1. The zero-order chi connectivity index (χ0) is 16.1. The Hall–Kier alpha value is -1.60. The molecule has 4 nitrogen and oxygen atoms in total. The molecule has 3 heterocycles. The minimum Gasteiger partial charge on any atom is -0.388 e. The van der Waals surface area contributed by atoms with Gasteiger partial charge < -0.3 is 10.4 Å². The lowest BCUT2D eigenvalue weighted by Crippen LogP contribution is -2.27. The molecule has 0 spiro atoms. The number of hydrogen-bond donors (Lipinski definition) is 2. The average molecular weight is 345 g/mol. The van der Waals surface area contributed by atoms with Gasteiger partial charge in [0.15, 0.2) is 0 Å². The summed E-state index contributed by atoms with van der Waals surface area (Å²) in [6, 6.07) is 10.00. The molecule has 2 atom stereocenters. The van der Waals surface area contributed by atoms with E-state index in [1.165, 1.54) is 0 Å². The average Bonchev–Trinajstić information content (AvgIpc) is 3.25. The van der Waals surface area contributed by atoms with Gasteiger partial charge in [-0.15, -0.1) is 22.7 Å². The number of thiazole rings is 1. The smallest absolute Gasteiger partial charge is 0.142 e. The first-order valence-corrected chi connectivity index (χ1v) is 9.29. The van der Waals surface area contributed by atoms with Gasteiger partial charge in [0.25, 0.3) is 0 Å². The quantitative estimate of drug-likeness (QED) is 0.682. The molecule has 3 aromatic heterocycles. The first-order chi connectivity index (χ1) is 11.2. The number of nitrogens with one attached hydrogen (secondary N) is 1. The number of aliphatic hydroxyl groups excluding tert-OH is 1. The molecule has 3 aromatic rings. The summed E-state index contributed by atoms with van der Waals surface area (Å²) in [6.45, 7) is 2.78. The zero-order valence-corrected chi connectivity index (χ0v) is 14.5. The fourth-order valence-electron chi connectivity index (χ4n) is 2.29. The molecule has 6 heteroatoms. The van der Waals surface area contributed by atoms with Crippen molar-refractivity contribution >= 4 is 22.7 Å². The Bertz CT molecular complexity index is 713. The van der Waals surface area contributed by atoms with Gasteiger partial charge in [-0.25, -0.2) is 4.98 Å². The molecule has 120 valence electrons. The lowest BCUT2D eigenvalue weighted by atomic mass is 10.1. The number of aliphatic hydroxyl groups is 1. The minimum absolute atomic E-state index is 0.215. The van der Waals surface area contributed by atoms with Gasteiger partial charge in [-0.1, -0.05) is 12.1 Å². The maximum absolute atomic E-state index is 10.2. The van der Waals surface area contributed by atoms with E-state index in [1.807, 2.05) is 35.7 Å². The van der Waals surface area contributed by atoms with Crippen molar-refractivity contribution in [2.75, 3.05) is 0 Å². The van der Waals surface area contributed by atoms with E-state index in [9.17, 15) is 5.11 Å². The maximum Gasteiger partial charge on any atom is 0.142 e. The summed E-state index contributed by atoms with van der Waals surface area (Å²) >= 11 is 3.20. The van der Waals surface area contributed by atoms with E-state index in [2.05, 4.69) is 27.6 Å². The molecule has 2 N–H and O–H groups in total. The molecule has 0 radical (unpaired) electrons. The van der Waals surface area contributed by atoms with Crippen molar-refractivity contribution in [3.8, 4) is 10.7 Å². The topological polar surface area (TPSA) is 58.0 Å². The van der Waals surface area contributed by atoms with E-state index in [0.29, 0.717) is 13.0 Å². The van der Waals surface area contributed by atoms with Crippen LogP contribution in [0.2, 0.25) is 0 Å². The second-order valence-electron chi connectivity index (χ2n) is 5.41. The molecule has 3 rings (SSSR count). The molecule has 23 heavy (non-hydrogen) atoms. The van der Waals surface area contributed by atoms with Crippen molar-refractivity contribution in [3.63, 3.8) is 0 Å². The molecule has 0 bridgehead atoms. The van der Waals surface area contributed by atoms with Gasteiger partial charge in [0.2, 0.25) is 0 Å². The summed E-state index contributed by atoms with van der Waals surface area (Å²) in [7, 11) is 0. The highest BCUT2D eigenvalue weighted by Crippen LogP contribution is 2.24. The van der Waals surface area contributed by atoms with Gasteiger partial charge in [0.1, 0.15) is 5.01 Å². The number of hydrogen-bond acceptors (Lipinski definition) is 6. The van der Waals surface area contributed by atoms with Gasteiger partial charge in [0.05, 0.1) is 17.5 Å². The third-order valence-corrected chi connectivity index (χ3v) is 5.40. The van der Waals surface area contributed by atoms with E-state index in [0.717, 1.165) is 21.3 Å². The van der Waals surface area contributed by atoms with Crippen LogP contribution in [0.15, 0.2) is 47.3 Å². The van der Waals surface area contributed by atoms with Crippen LogP contribution in [-0.4, -0.2) is 21.1 Å². The highest BCUT2D eigenvalue weighted by Gasteiger charge is 2.13. The van der Waals surface area contributed by atoms with E-state index in [4.69, 9.17) is 0 Å². The Morgan fingerprint density at radius 3 is 2.87 bits per heavy atom. The minimum atomic E-state index is -0.406. The second-order valence-corrected chi connectivity index (χ2v) is 7.25. The van der Waals surface area contributed by atoms with Crippen LogP contribution in [-0.2, 0) is 6.54 Å². The van der Waals surface area contributed by atoms with E-state index >= 15 is 0 Å². The molecule has 0 aromatic carbocycles. The van der Waals surface area contributed by atoms with Crippen LogP contribution in [0, 0.1) is 0 Å². The van der Waals surface area contributed by atoms with Crippen LogP contribution in [0.5, 0.6) is 0 Å². The largest absolute Gasteiger partial charge is 0.388 e. The number of aromatic nitrogens is 2. The van der Waals surface area contributed by atoms with Crippen LogP contribution in [0.4, 0.5) is 0 Å². The zero-order valence-electron chi connectivity index (χ0n) is 12.8. The van der Waals surface area contributed by atoms with Crippen LogP contribution in [0.25, 0.3) is 10.7 Å².